The molecule has 0 spiro atoms. The molecule has 1 N–H and O–H groups in total. The Bertz CT molecular complexity index is 627. The molecule has 0 fully saturated rings. The van der Waals surface area contributed by atoms with Crippen molar-refractivity contribution in [2.45, 2.75) is 40.0 Å². The molecule has 0 atom stereocenters. The molecule has 0 saturated heterocycles. The largest absolute Gasteiger partial charge is 0.340 e. The summed E-state index contributed by atoms with van der Waals surface area (Å²) in [5.74, 6) is 0.873. The third kappa shape index (κ3) is 3.40. The van der Waals surface area contributed by atoms with Crippen LogP contribution in [0, 0.1) is 13.8 Å². The number of aromatic nitrogens is 1. The summed E-state index contributed by atoms with van der Waals surface area (Å²) in [5, 5.41) is 3.39. The van der Waals surface area contributed by atoms with E-state index in [1.807, 2.05) is 12.3 Å². The summed E-state index contributed by atoms with van der Waals surface area (Å²) in [6.07, 6.45) is 1.83. The molecule has 1 aromatic carbocycles. The van der Waals surface area contributed by atoms with Gasteiger partial charge in [-0.3, -0.25) is 0 Å². The maximum Gasteiger partial charge on any atom is 0.130 e. The molecule has 0 radical (unpaired) electrons. The second-order valence-corrected chi connectivity index (χ2v) is 7.08. The lowest BCUT2D eigenvalue weighted by Gasteiger charge is -2.21. The van der Waals surface area contributed by atoms with Crippen LogP contribution in [0.5, 0.6) is 0 Å². The van der Waals surface area contributed by atoms with Gasteiger partial charge in [-0.25, -0.2) is 4.98 Å². The molecule has 0 bridgehead atoms. The van der Waals surface area contributed by atoms with Crippen LogP contribution in [0.25, 0.3) is 0 Å². The van der Waals surface area contributed by atoms with Crippen LogP contribution in [0.2, 0.25) is 0 Å². The molecule has 106 valence electrons. The smallest absolute Gasteiger partial charge is 0.130 e. The second kappa shape index (κ2) is 5.57. The Balaban J connectivity index is 2.28. The summed E-state index contributed by atoms with van der Waals surface area (Å²) in [7, 11) is 0. The van der Waals surface area contributed by atoms with Gasteiger partial charge < -0.3 is 5.32 Å². The number of hydrogen-bond donors (Lipinski definition) is 1. The Labute approximate surface area is 129 Å². The number of anilines is 2. The van der Waals surface area contributed by atoms with Gasteiger partial charge in [0.25, 0.3) is 0 Å². The first-order valence-corrected chi connectivity index (χ1v) is 7.57. The first-order chi connectivity index (χ1) is 9.27. The van der Waals surface area contributed by atoms with Crippen LogP contribution in [0.15, 0.2) is 34.9 Å². The fourth-order valence-electron chi connectivity index (χ4n) is 2.02. The second-order valence-electron chi connectivity index (χ2n) is 6.22. The lowest BCUT2D eigenvalue weighted by Crippen LogP contribution is -2.11. The molecule has 1 aromatic heterocycles. The topological polar surface area (TPSA) is 24.9 Å². The summed E-state index contributed by atoms with van der Waals surface area (Å²) < 4.78 is 1.03. The van der Waals surface area contributed by atoms with Gasteiger partial charge in [-0.1, -0.05) is 32.9 Å². The molecule has 20 heavy (non-hydrogen) atoms. The molecule has 0 aliphatic heterocycles. The summed E-state index contributed by atoms with van der Waals surface area (Å²) in [6.45, 7) is 10.9. The number of rotatable bonds is 2. The minimum absolute atomic E-state index is 0.176. The number of hydrogen-bond acceptors (Lipinski definition) is 2. The minimum atomic E-state index is 0.176. The predicted octanol–water partition coefficient (Wildman–Crippen LogP) is 5.50. The van der Waals surface area contributed by atoms with Crippen LogP contribution < -0.4 is 5.32 Å². The van der Waals surface area contributed by atoms with Gasteiger partial charge in [-0.05, 0) is 64.0 Å². The third-order valence-corrected chi connectivity index (χ3v) is 4.23. The lowest BCUT2D eigenvalue weighted by molar-refractivity contribution is 0.590. The Morgan fingerprint density at radius 2 is 1.75 bits per heavy atom. The Hall–Kier alpha value is -1.35. The van der Waals surface area contributed by atoms with Crippen molar-refractivity contribution < 1.29 is 0 Å². The van der Waals surface area contributed by atoms with E-state index in [9.17, 15) is 0 Å². The van der Waals surface area contributed by atoms with Gasteiger partial charge in [0.1, 0.15) is 5.82 Å². The van der Waals surface area contributed by atoms with E-state index < -0.39 is 0 Å². The van der Waals surface area contributed by atoms with Crippen LogP contribution >= 0.6 is 15.9 Å². The Kier molecular flexibility index (Phi) is 4.19. The molecular formula is C17H21BrN2. The summed E-state index contributed by atoms with van der Waals surface area (Å²) in [6, 6.07) is 8.60. The Morgan fingerprint density at radius 1 is 1.05 bits per heavy atom. The molecule has 0 saturated carbocycles. The van der Waals surface area contributed by atoms with Crippen molar-refractivity contribution in [1.82, 2.24) is 4.98 Å². The molecule has 1 heterocycles. The minimum Gasteiger partial charge on any atom is -0.340 e. The normalized spacial score (nSPS) is 11.5. The molecule has 3 heteroatoms. The van der Waals surface area contributed by atoms with Crippen molar-refractivity contribution in [1.29, 1.82) is 0 Å². The van der Waals surface area contributed by atoms with Crippen LogP contribution in [0.4, 0.5) is 11.5 Å². The van der Waals surface area contributed by atoms with Gasteiger partial charge in [-0.2, -0.15) is 0 Å². The highest BCUT2D eigenvalue weighted by Crippen LogP contribution is 2.28. The molecule has 2 nitrogen and oxygen atoms in total. The number of halogens is 1. The third-order valence-electron chi connectivity index (χ3n) is 3.40. The van der Waals surface area contributed by atoms with E-state index in [2.05, 4.69) is 79.0 Å². The van der Waals surface area contributed by atoms with Crippen molar-refractivity contribution in [3.63, 3.8) is 0 Å². The van der Waals surface area contributed by atoms with Crippen molar-refractivity contribution in [2.24, 2.45) is 0 Å². The maximum absolute atomic E-state index is 4.39. The molecule has 2 aromatic rings. The van der Waals surface area contributed by atoms with Crippen LogP contribution in [-0.4, -0.2) is 4.98 Å². The first-order valence-electron chi connectivity index (χ1n) is 6.77. The van der Waals surface area contributed by atoms with Gasteiger partial charge >= 0.3 is 0 Å². The number of pyridine rings is 1. The molecule has 2 rings (SSSR count). The van der Waals surface area contributed by atoms with E-state index in [4.69, 9.17) is 0 Å². The molecular weight excluding hydrogens is 312 g/mol. The molecule has 0 aliphatic carbocycles. The summed E-state index contributed by atoms with van der Waals surface area (Å²) in [4.78, 5) is 4.39. The predicted molar refractivity (Wildman–Crippen MR) is 89.8 cm³/mol. The lowest BCUT2D eigenvalue weighted by atomic mass is 9.86. The van der Waals surface area contributed by atoms with E-state index >= 15 is 0 Å². The number of nitrogens with zero attached hydrogens (tertiary/aromatic N) is 1. The number of nitrogens with one attached hydrogen (secondary N) is 1. The zero-order valence-corrected chi connectivity index (χ0v) is 14.3. The SMILES string of the molecule is Cc1cc(Nc2ccc(C(C)(C)C)cc2C)ncc1Br. The standard InChI is InChI=1S/C17H21BrN2/c1-11-9-16(19-10-14(11)18)20-15-7-6-13(8-12(15)2)17(3,4)5/h6-10H,1-5H3,(H,19,20). The fourth-order valence-corrected chi connectivity index (χ4v) is 2.23. The van der Waals surface area contributed by atoms with E-state index in [0.717, 1.165) is 16.0 Å². The zero-order valence-electron chi connectivity index (χ0n) is 12.7. The van der Waals surface area contributed by atoms with E-state index in [-0.39, 0.29) is 5.41 Å². The van der Waals surface area contributed by atoms with Crippen molar-refractivity contribution in [2.75, 3.05) is 5.32 Å². The van der Waals surface area contributed by atoms with Crippen molar-refractivity contribution in [3.8, 4) is 0 Å². The zero-order chi connectivity index (χ0) is 14.9. The highest BCUT2D eigenvalue weighted by molar-refractivity contribution is 9.10. The van der Waals surface area contributed by atoms with Gasteiger partial charge in [0.05, 0.1) is 0 Å². The van der Waals surface area contributed by atoms with Crippen molar-refractivity contribution >= 4 is 27.4 Å². The Morgan fingerprint density at radius 3 is 2.30 bits per heavy atom. The maximum atomic E-state index is 4.39. The summed E-state index contributed by atoms with van der Waals surface area (Å²) >= 11 is 3.47. The quantitative estimate of drug-likeness (QED) is 0.785. The van der Waals surface area contributed by atoms with Gasteiger partial charge in [0.15, 0.2) is 0 Å². The number of aryl methyl sites for hydroxylation is 2. The van der Waals surface area contributed by atoms with Crippen LogP contribution in [-0.2, 0) is 5.41 Å². The van der Waals surface area contributed by atoms with Crippen LogP contribution in [0.1, 0.15) is 37.5 Å². The number of benzene rings is 1. The summed E-state index contributed by atoms with van der Waals surface area (Å²) in [5.41, 5.74) is 5.04. The van der Waals surface area contributed by atoms with Gasteiger partial charge in [-0.15, -0.1) is 0 Å². The van der Waals surface area contributed by atoms with Gasteiger partial charge in [0, 0.05) is 16.4 Å². The molecule has 0 amide bonds. The fraction of sp³-hybridized carbons (Fsp3) is 0.353. The monoisotopic (exact) mass is 332 g/mol. The highest BCUT2D eigenvalue weighted by Gasteiger charge is 2.14. The van der Waals surface area contributed by atoms with E-state index in [1.54, 1.807) is 0 Å². The van der Waals surface area contributed by atoms with E-state index in [0.29, 0.717) is 0 Å². The van der Waals surface area contributed by atoms with Crippen LogP contribution in [0.3, 0.4) is 0 Å². The highest BCUT2D eigenvalue weighted by atomic mass is 79.9. The average molecular weight is 333 g/mol. The first kappa shape index (κ1) is 15.0. The molecule has 0 unspecified atom stereocenters. The van der Waals surface area contributed by atoms with Crippen molar-refractivity contribution in [3.05, 3.63) is 51.6 Å². The van der Waals surface area contributed by atoms with Gasteiger partial charge in [0.2, 0.25) is 0 Å². The van der Waals surface area contributed by atoms with E-state index in [1.165, 1.54) is 16.7 Å². The molecule has 0 aliphatic rings. The average Bonchev–Trinajstić information content (AvgIpc) is 2.35.